The van der Waals surface area contributed by atoms with Crippen LogP contribution in [0, 0.1) is 5.92 Å². The Kier molecular flexibility index (Phi) is 3.72. The summed E-state index contributed by atoms with van der Waals surface area (Å²) in [5.41, 5.74) is -0.964. The zero-order chi connectivity index (χ0) is 11.5. The topological polar surface area (TPSA) is 57.6 Å². The molecule has 0 aliphatic heterocycles. The molecule has 1 rings (SSSR count). The first kappa shape index (κ1) is 12.0. The molecule has 0 bridgehead atoms. The van der Waals surface area contributed by atoms with Crippen LogP contribution in [-0.2, 0) is 9.59 Å². The van der Waals surface area contributed by atoms with Crippen LogP contribution >= 0.6 is 0 Å². The molecule has 0 aromatic carbocycles. The molecule has 0 radical (unpaired) electrons. The summed E-state index contributed by atoms with van der Waals surface area (Å²) in [6.07, 6.45) is 4.09. The number of likely N-dealkylation sites (N-methyl/N-ethyl adjacent to an activating group) is 1. The molecule has 4 heteroatoms. The second-order valence-electron chi connectivity index (χ2n) is 4.27. The summed E-state index contributed by atoms with van der Waals surface area (Å²) < 4.78 is 0. The smallest absolute Gasteiger partial charge is 0.329 e. The Morgan fingerprint density at radius 3 is 2.67 bits per heavy atom. The van der Waals surface area contributed by atoms with Gasteiger partial charge in [0.05, 0.1) is 0 Å². The predicted molar refractivity (Wildman–Crippen MR) is 56.4 cm³/mol. The zero-order valence-corrected chi connectivity index (χ0v) is 9.40. The summed E-state index contributed by atoms with van der Waals surface area (Å²) in [4.78, 5) is 23.8. The minimum Gasteiger partial charge on any atom is -0.479 e. The number of hydrogen-bond donors (Lipinski definition) is 1. The lowest BCUT2D eigenvalue weighted by atomic mass is 9.72. The van der Waals surface area contributed by atoms with Gasteiger partial charge in [-0.3, -0.25) is 4.79 Å². The number of hydrogen-bond acceptors (Lipinski definition) is 2. The summed E-state index contributed by atoms with van der Waals surface area (Å²) in [6, 6.07) is 0. The van der Waals surface area contributed by atoms with E-state index in [1.165, 1.54) is 4.90 Å². The molecule has 2 unspecified atom stereocenters. The summed E-state index contributed by atoms with van der Waals surface area (Å²) in [7, 11) is 0. The minimum atomic E-state index is -0.964. The van der Waals surface area contributed by atoms with Crippen LogP contribution in [0.1, 0.15) is 39.5 Å². The maximum atomic E-state index is 11.4. The molecule has 4 nitrogen and oxygen atoms in total. The van der Waals surface area contributed by atoms with Crippen molar-refractivity contribution >= 4 is 12.4 Å². The number of aliphatic carboxylic acids is 1. The van der Waals surface area contributed by atoms with Gasteiger partial charge < -0.3 is 10.0 Å². The van der Waals surface area contributed by atoms with E-state index in [0.29, 0.717) is 19.4 Å². The number of carboxylic acid groups (broad SMARTS) is 1. The molecular formula is C11H19NO3. The molecule has 1 amide bonds. The normalized spacial score (nSPS) is 30.9. The monoisotopic (exact) mass is 213 g/mol. The molecule has 1 aliphatic carbocycles. The third-order valence-corrected chi connectivity index (χ3v) is 3.61. The summed E-state index contributed by atoms with van der Waals surface area (Å²) >= 11 is 0. The van der Waals surface area contributed by atoms with E-state index in [4.69, 9.17) is 0 Å². The van der Waals surface area contributed by atoms with Gasteiger partial charge >= 0.3 is 5.97 Å². The van der Waals surface area contributed by atoms with Crippen molar-refractivity contribution in [2.45, 2.75) is 45.1 Å². The average molecular weight is 213 g/mol. The van der Waals surface area contributed by atoms with E-state index >= 15 is 0 Å². The maximum Gasteiger partial charge on any atom is 0.329 e. The fourth-order valence-electron chi connectivity index (χ4n) is 2.65. The molecule has 1 fully saturated rings. The summed E-state index contributed by atoms with van der Waals surface area (Å²) in [5, 5.41) is 9.39. The van der Waals surface area contributed by atoms with Crippen LogP contribution < -0.4 is 0 Å². The number of rotatable bonds is 4. The summed E-state index contributed by atoms with van der Waals surface area (Å²) in [5.74, 6) is -0.822. The van der Waals surface area contributed by atoms with Crippen LogP contribution in [0.4, 0.5) is 0 Å². The van der Waals surface area contributed by atoms with Gasteiger partial charge in [0.2, 0.25) is 6.41 Å². The molecule has 1 saturated carbocycles. The first-order valence-electron chi connectivity index (χ1n) is 5.55. The van der Waals surface area contributed by atoms with Gasteiger partial charge in [0.1, 0.15) is 5.54 Å². The fraction of sp³-hybridized carbons (Fsp3) is 0.818. The van der Waals surface area contributed by atoms with Gasteiger partial charge in [0.15, 0.2) is 0 Å². The Morgan fingerprint density at radius 2 is 2.27 bits per heavy atom. The van der Waals surface area contributed by atoms with Crippen LogP contribution in [0.25, 0.3) is 0 Å². The van der Waals surface area contributed by atoms with E-state index in [9.17, 15) is 14.7 Å². The Hall–Kier alpha value is -1.06. The molecule has 1 N–H and O–H groups in total. The zero-order valence-electron chi connectivity index (χ0n) is 9.40. The largest absolute Gasteiger partial charge is 0.479 e. The number of carbonyl (C=O) groups excluding carboxylic acids is 1. The molecular weight excluding hydrogens is 194 g/mol. The van der Waals surface area contributed by atoms with Gasteiger partial charge in [-0.15, -0.1) is 0 Å². The molecule has 0 aromatic rings. The van der Waals surface area contributed by atoms with Gasteiger partial charge in [-0.1, -0.05) is 19.8 Å². The van der Waals surface area contributed by atoms with E-state index < -0.39 is 11.5 Å². The van der Waals surface area contributed by atoms with E-state index in [-0.39, 0.29) is 5.92 Å². The highest BCUT2D eigenvalue weighted by Gasteiger charge is 2.48. The lowest BCUT2D eigenvalue weighted by Gasteiger charge is -2.45. The average Bonchev–Trinajstić information content (AvgIpc) is 2.22. The van der Waals surface area contributed by atoms with Crippen LogP contribution in [0.15, 0.2) is 0 Å². The highest BCUT2D eigenvalue weighted by atomic mass is 16.4. The summed E-state index contributed by atoms with van der Waals surface area (Å²) in [6.45, 7) is 4.21. The molecule has 0 heterocycles. The van der Waals surface area contributed by atoms with Gasteiger partial charge in [-0.05, 0) is 25.7 Å². The second-order valence-corrected chi connectivity index (χ2v) is 4.27. The molecule has 86 valence electrons. The van der Waals surface area contributed by atoms with Crippen molar-refractivity contribution in [2.24, 2.45) is 5.92 Å². The SMILES string of the molecule is CCN(C=O)C1(C(=O)O)CCCCC1C. The Labute approximate surface area is 90.3 Å². The molecule has 0 aromatic heterocycles. The van der Waals surface area contributed by atoms with Crippen molar-refractivity contribution in [1.82, 2.24) is 4.90 Å². The van der Waals surface area contributed by atoms with Crippen molar-refractivity contribution in [1.29, 1.82) is 0 Å². The van der Waals surface area contributed by atoms with Crippen molar-refractivity contribution in [2.75, 3.05) is 6.54 Å². The predicted octanol–water partition coefficient (Wildman–Crippen LogP) is 1.50. The fourth-order valence-corrected chi connectivity index (χ4v) is 2.65. The van der Waals surface area contributed by atoms with Crippen molar-refractivity contribution in [3.63, 3.8) is 0 Å². The Bertz CT molecular complexity index is 254. The highest BCUT2D eigenvalue weighted by Crippen LogP contribution is 2.38. The number of carbonyl (C=O) groups is 2. The standard InChI is InChI=1S/C11H19NO3/c1-3-12(8-13)11(10(14)15)7-5-4-6-9(11)2/h8-9H,3-7H2,1-2H3,(H,14,15). The molecule has 0 spiro atoms. The van der Waals surface area contributed by atoms with E-state index in [1.54, 1.807) is 0 Å². The number of amides is 1. The van der Waals surface area contributed by atoms with Crippen LogP contribution in [0.2, 0.25) is 0 Å². The maximum absolute atomic E-state index is 11.4. The van der Waals surface area contributed by atoms with Crippen molar-refractivity contribution in [3.8, 4) is 0 Å². The number of carboxylic acids is 1. The van der Waals surface area contributed by atoms with Crippen molar-refractivity contribution < 1.29 is 14.7 Å². The number of nitrogens with zero attached hydrogens (tertiary/aromatic N) is 1. The molecule has 1 aliphatic rings. The van der Waals surface area contributed by atoms with Gasteiger partial charge in [0.25, 0.3) is 0 Å². The molecule has 15 heavy (non-hydrogen) atoms. The van der Waals surface area contributed by atoms with Crippen LogP contribution in [0.5, 0.6) is 0 Å². The second kappa shape index (κ2) is 4.64. The van der Waals surface area contributed by atoms with Gasteiger partial charge in [0, 0.05) is 6.54 Å². The molecule has 2 atom stereocenters. The third-order valence-electron chi connectivity index (χ3n) is 3.61. The first-order chi connectivity index (χ1) is 7.09. The third kappa shape index (κ3) is 1.85. The van der Waals surface area contributed by atoms with Gasteiger partial charge in [-0.25, -0.2) is 4.79 Å². The van der Waals surface area contributed by atoms with Gasteiger partial charge in [-0.2, -0.15) is 0 Å². The van der Waals surface area contributed by atoms with E-state index in [1.807, 2.05) is 13.8 Å². The highest BCUT2D eigenvalue weighted by molar-refractivity contribution is 5.82. The van der Waals surface area contributed by atoms with Crippen LogP contribution in [-0.4, -0.2) is 34.5 Å². The first-order valence-corrected chi connectivity index (χ1v) is 5.55. The lowest BCUT2D eigenvalue weighted by Crippen LogP contribution is -2.59. The lowest BCUT2D eigenvalue weighted by molar-refractivity contribution is -0.161. The Morgan fingerprint density at radius 1 is 1.60 bits per heavy atom. The quantitative estimate of drug-likeness (QED) is 0.720. The van der Waals surface area contributed by atoms with E-state index in [0.717, 1.165) is 19.3 Å². The van der Waals surface area contributed by atoms with Crippen molar-refractivity contribution in [3.05, 3.63) is 0 Å². The minimum absolute atomic E-state index is 0.0360. The molecule has 0 saturated heterocycles. The van der Waals surface area contributed by atoms with Crippen LogP contribution in [0.3, 0.4) is 0 Å². The Balaban J connectivity index is 3.04. The van der Waals surface area contributed by atoms with E-state index in [2.05, 4.69) is 0 Å².